The van der Waals surface area contributed by atoms with Gasteiger partial charge in [0.15, 0.2) is 6.61 Å². The Morgan fingerprint density at radius 1 is 1.14 bits per heavy atom. The molecule has 0 fully saturated rings. The number of aryl methyl sites for hydroxylation is 2. The number of ether oxygens (including phenoxy) is 1. The Balaban J connectivity index is 1.55. The van der Waals surface area contributed by atoms with Crippen molar-refractivity contribution in [1.82, 2.24) is 4.98 Å². The number of hydrogen-bond acceptors (Lipinski definition) is 4. The second kappa shape index (κ2) is 8.03. The monoisotopic (exact) mass is 388 g/mol. The molecule has 0 aliphatic heterocycles. The fourth-order valence-electron chi connectivity index (χ4n) is 3.83. The maximum absolute atomic E-state index is 13.0. The van der Waals surface area contributed by atoms with Crippen LogP contribution in [0.15, 0.2) is 48.5 Å². The lowest BCUT2D eigenvalue weighted by atomic mass is 9.84. The third kappa shape index (κ3) is 4.14. The molecule has 0 bridgehead atoms. The SMILES string of the molecule is Cc1ccc(NC(=O)COC(=O)c2c3c(nc4ccccc24)CC[C@H](C)C3)cc1. The molecular formula is C24H24N2O3. The van der Waals surface area contributed by atoms with Crippen molar-refractivity contribution in [3.63, 3.8) is 0 Å². The van der Waals surface area contributed by atoms with E-state index < -0.39 is 5.97 Å². The lowest BCUT2D eigenvalue weighted by Gasteiger charge is -2.24. The van der Waals surface area contributed by atoms with Gasteiger partial charge in [-0.25, -0.2) is 4.79 Å². The molecule has 1 amide bonds. The van der Waals surface area contributed by atoms with Crippen LogP contribution in [-0.4, -0.2) is 23.5 Å². The maximum Gasteiger partial charge on any atom is 0.339 e. The number of esters is 1. The van der Waals surface area contributed by atoms with Gasteiger partial charge in [-0.2, -0.15) is 0 Å². The minimum atomic E-state index is -0.465. The van der Waals surface area contributed by atoms with Crippen molar-refractivity contribution in [1.29, 1.82) is 0 Å². The van der Waals surface area contributed by atoms with E-state index in [9.17, 15) is 9.59 Å². The fraction of sp³-hybridized carbons (Fsp3) is 0.292. The van der Waals surface area contributed by atoms with E-state index in [4.69, 9.17) is 9.72 Å². The van der Waals surface area contributed by atoms with Gasteiger partial charge in [0.25, 0.3) is 5.91 Å². The highest BCUT2D eigenvalue weighted by Gasteiger charge is 2.26. The molecule has 1 aromatic heterocycles. The minimum absolute atomic E-state index is 0.326. The zero-order chi connectivity index (χ0) is 20.4. The molecule has 29 heavy (non-hydrogen) atoms. The van der Waals surface area contributed by atoms with E-state index in [0.717, 1.165) is 47.0 Å². The van der Waals surface area contributed by atoms with Crippen molar-refractivity contribution in [3.8, 4) is 0 Å². The minimum Gasteiger partial charge on any atom is -0.452 e. The van der Waals surface area contributed by atoms with Gasteiger partial charge in [0.1, 0.15) is 0 Å². The Bertz CT molecular complexity index is 1070. The van der Waals surface area contributed by atoms with E-state index in [1.165, 1.54) is 0 Å². The number of nitrogens with one attached hydrogen (secondary N) is 1. The molecular weight excluding hydrogens is 364 g/mol. The van der Waals surface area contributed by atoms with Crippen molar-refractivity contribution in [2.75, 3.05) is 11.9 Å². The third-order valence-corrected chi connectivity index (χ3v) is 5.38. The van der Waals surface area contributed by atoms with E-state index in [-0.39, 0.29) is 12.5 Å². The summed E-state index contributed by atoms with van der Waals surface area (Å²) >= 11 is 0. The summed E-state index contributed by atoms with van der Waals surface area (Å²) in [6.45, 7) is 3.84. The Hall–Kier alpha value is -3.21. The van der Waals surface area contributed by atoms with Crippen LogP contribution in [0.5, 0.6) is 0 Å². The molecule has 3 aromatic rings. The van der Waals surface area contributed by atoms with Gasteiger partial charge in [0.2, 0.25) is 0 Å². The van der Waals surface area contributed by atoms with Crippen molar-refractivity contribution in [3.05, 3.63) is 70.9 Å². The molecule has 0 saturated heterocycles. The molecule has 1 heterocycles. The summed E-state index contributed by atoms with van der Waals surface area (Å²) in [7, 11) is 0. The number of fused-ring (bicyclic) bond motifs is 2. The third-order valence-electron chi connectivity index (χ3n) is 5.38. The van der Waals surface area contributed by atoms with E-state index in [2.05, 4.69) is 12.2 Å². The number of anilines is 1. The number of carbonyl (C=O) groups is 2. The first-order chi connectivity index (χ1) is 14.0. The Morgan fingerprint density at radius 2 is 1.90 bits per heavy atom. The van der Waals surface area contributed by atoms with Gasteiger partial charge in [-0.3, -0.25) is 9.78 Å². The molecule has 1 aliphatic carbocycles. The molecule has 1 atom stereocenters. The number of aromatic nitrogens is 1. The Labute approximate surface area is 170 Å². The number of nitrogens with zero attached hydrogens (tertiary/aromatic N) is 1. The number of hydrogen-bond donors (Lipinski definition) is 1. The molecule has 1 aliphatic rings. The average Bonchev–Trinajstić information content (AvgIpc) is 2.72. The summed E-state index contributed by atoms with van der Waals surface area (Å²) in [4.78, 5) is 30.0. The van der Waals surface area contributed by atoms with Gasteiger partial charge in [-0.15, -0.1) is 0 Å². The van der Waals surface area contributed by atoms with Crippen LogP contribution in [-0.2, 0) is 22.4 Å². The van der Waals surface area contributed by atoms with E-state index >= 15 is 0 Å². The molecule has 2 aromatic carbocycles. The number of benzene rings is 2. The van der Waals surface area contributed by atoms with Gasteiger partial charge in [0, 0.05) is 16.8 Å². The summed E-state index contributed by atoms with van der Waals surface area (Å²) in [5.74, 6) is -0.336. The molecule has 0 unspecified atom stereocenters. The predicted octanol–water partition coefficient (Wildman–Crippen LogP) is 4.46. The van der Waals surface area contributed by atoms with Gasteiger partial charge >= 0.3 is 5.97 Å². The van der Waals surface area contributed by atoms with Crippen LogP contribution in [0.3, 0.4) is 0 Å². The first kappa shape index (κ1) is 19.1. The lowest BCUT2D eigenvalue weighted by Crippen LogP contribution is -2.23. The van der Waals surface area contributed by atoms with E-state index in [0.29, 0.717) is 17.2 Å². The number of rotatable bonds is 4. The second-order valence-electron chi connectivity index (χ2n) is 7.77. The molecule has 0 saturated carbocycles. The van der Waals surface area contributed by atoms with Gasteiger partial charge in [0.05, 0.1) is 11.1 Å². The maximum atomic E-state index is 13.0. The smallest absolute Gasteiger partial charge is 0.339 e. The van der Waals surface area contributed by atoms with Gasteiger partial charge in [-0.05, 0) is 55.9 Å². The summed E-state index contributed by atoms with van der Waals surface area (Å²) in [5.41, 5.74) is 5.07. The van der Waals surface area contributed by atoms with Crippen molar-refractivity contribution < 1.29 is 14.3 Å². The summed E-state index contributed by atoms with van der Waals surface area (Å²) < 4.78 is 5.42. The number of para-hydroxylation sites is 1. The largest absolute Gasteiger partial charge is 0.452 e. The van der Waals surface area contributed by atoms with Crippen LogP contribution >= 0.6 is 0 Å². The van der Waals surface area contributed by atoms with E-state index in [1.807, 2.05) is 55.5 Å². The predicted molar refractivity (Wildman–Crippen MR) is 113 cm³/mol. The zero-order valence-electron chi connectivity index (χ0n) is 16.7. The first-order valence-corrected chi connectivity index (χ1v) is 9.95. The molecule has 5 nitrogen and oxygen atoms in total. The zero-order valence-corrected chi connectivity index (χ0v) is 16.7. The topological polar surface area (TPSA) is 68.3 Å². The fourth-order valence-corrected chi connectivity index (χ4v) is 3.83. The molecule has 5 heteroatoms. The molecule has 0 radical (unpaired) electrons. The average molecular weight is 388 g/mol. The van der Waals surface area contributed by atoms with Crippen molar-refractivity contribution in [2.45, 2.75) is 33.1 Å². The number of amides is 1. The summed E-state index contributed by atoms with van der Waals surface area (Å²) in [5, 5.41) is 3.54. The van der Waals surface area contributed by atoms with Crippen LogP contribution in [0, 0.1) is 12.8 Å². The van der Waals surface area contributed by atoms with Crippen LogP contribution in [0.25, 0.3) is 10.9 Å². The first-order valence-electron chi connectivity index (χ1n) is 9.95. The quantitative estimate of drug-likeness (QED) is 0.670. The normalized spacial score (nSPS) is 15.6. The lowest BCUT2D eigenvalue weighted by molar-refractivity contribution is -0.119. The highest BCUT2D eigenvalue weighted by molar-refractivity contribution is 6.06. The van der Waals surface area contributed by atoms with Gasteiger partial charge < -0.3 is 10.1 Å². The Morgan fingerprint density at radius 3 is 2.69 bits per heavy atom. The molecule has 1 N–H and O–H groups in total. The molecule has 0 spiro atoms. The van der Waals surface area contributed by atoms with Crippen LogP contribution in [0.2, 0.25) is 0 Å². The van der Waals surface area contributed by atoms with Crippen molar-refractivity contribution in [2.24, 2.45) is 5.92 Å². The molecule has 148 valence electrons. The highest BCUT2D eigenvalue weighted by atomic mass is 16.5. The Kier molecular flexibility index (Phi) is 5.30. The van der Waals surface area contributed by atoms with Gasteiger partial charge in [-0.1, -0.05) is 42.8 Å². The second-order valence-corrected chi connectivity index (χ2v) is 7.77. The number of pyridine rings is 1. The standard InChI is InChI=1S/C24H24N2O3/c1-15-7-10-17(11-8-15)25-22(27)14-29-24(28)23-18-5-3-4-6-20(18)26-21-12-9-16(2)13-19(21)23/h3-8,10-11,16H,9,12-14H2,1-2H3,(H,25,27)/t16-/m0/s1. The van der Waals surface area contributed by atoms with Crippen LogP contribution < -0.4 is 5.32 Å². The van der Waals surface area contributed by atoms with Crippen molar-refractivity contribution >= 4 is 28.5 Å². The van der Waals surface area contributed by atoms with Crippen LogP contribution in [0.1, 0.15) is 40.5 Å². The summed E-state index contributed by atoms with van der Waals surface area (Å²) in [6, 6.07) is 15.1. The molecule has 4 rings (SSSR count). The van der Waals surface area contributed by atoms with Crippen LogP contribution in [0.4, 0.5) is 5.69 Å². The summed E-state index contributed by atoms with van der Waals surface area (Å²) in [6.07, 6.45) is 2.72. The van der Waals surface area contributed by atoms with E-state index in [1.54, 1.807) is 0 Å². The number of carbonyl (C=O) groups excluding carboxylic acids is 2. The highest BCUT2D eigenvalue weighted by Crippen LogP contribution is 2.32.